The second kappa shape index (κ2) is 3.02. The summed E-state index contributed by atoms with van der Waals surface area (Å²) in [5, 5.41) is 9.16. The zero-order valence-corrected chi connectivity index (χ0v) is 9.25. The van der Waals surface area contributed by atoms with Crippen molar-refractivity contribution in [2.45, 2.75) is 31.3 Å². The van der Waals surface area contributed by atoms with Gasteiger partial charge >= 0.3 is 5.97 Å². The summed E-state index contributed by atoms with van der Waals surface area (Å²) >= 11 is 1.35. The predicted molar refractivity (Wildman–Crippen MR) is 56.3 cm³/mol. The van der Waals surface area contributed by atoms with E-state index in [0.29, 0.717) is 12.1 Å². The normalized spacial score (nSPS) is 29.1. The van der Waals surface area contributed by atoms with Gasteiger partial charge in [0.25, 0.3) is 0 Å². The lowest BCUT2D eigenvalue weighted by atomic mass is 10.1. The monoisotopic (exact) mass is 224 g/mol. The van der Waals surface area contributed by atoms with Gasteiger partial charge in [0.1, 0.15) is 0 Å². The van der Waals surface area contributed by atoms with Crippen molar-refractivity contribution in [2.75, 3.05) is 7.05 Å². The highest BCUT2D eigenvalue weighted by Gasteiger charge is 2.40. The number of rotatable bonds is 1. The minimum atomic E-state index is -0.895. The van der Waals surface area contributed by atoms with Crippen LogP contribution in [-0.2, 0) is 6.42 Å². The fourth-order valence-electron chi connectivity index (χ4n) is 2.66. The number of thiazole rings is 1. The molecule has 1 saturated heterocycles. The Bertz CT molecular complexity index is 429. The Morgan fingerprint density at radius 1 is 1.60 bits per heavy atom. The molecule has 3 rings (SSSR count). The molecule has 0 amide bonds. The van der Waals surface area contributed by atoms with Crippen molar-refractivity contribution in [1.82, 2.24) is 9.88 Å². The molecule has 1 aromatic rings. The molecule has 3 heterocycles. The number of hydrogen-bond acceptors (Lipinski definition) is 4. The van der Waals surface area contributed by atoms with Crippen LogP contribution in [-0.4, -0.2) is 34.0 Å². The van der Waals surface area contributed by atoms with Crippen LogP contribution in [0.2, 0.25) is 0 Å². The van der Waals surface area contributed by atoms with Crippen molar-refractivity contribution in [3.05, 3.63) is 15.6 Å². The molecule has 0 saturated carbocycles. The summed E-state index contributed by atoms with van der Waals surface area (Å²) < 4.78 is 0. The highest BCUT2D eigenvalue weighted by molar-refractivity contribution is 7.13. The van der Waals surface area contributed by atoms with E-state index in [-0.39, 0.29) is 5.01 Å². The van der Waals surface area contributed by atoms with Gasteiger partial charge in [-0.1, -0.05) is 0 Å². The van der Waals surface area contributed by atoms with E-state index in [1.807, 2.05) is 0 Å². The Kier molecular flexibility index (Phi) is 1.87. The summed E-state index contributed by atoms with van der Waals surface area (Å²) in [6.07, 6.45) is 3.29. The van der Waals surface area contributed by atoms with E-state index in [2.05, 4.69) is 16.9 Å². The van der Waals surface area contributed by atoms with Crippen molar-refractivity contribution in [1.29, 1.82) is 0 Å². The Labute approximate surface area is 91.5 Å². The van der Waals surface area contributed by atoms with E-state index < -0.39 is 5.97 Å². The summed E-state index contributed by atoms with van der Waals surface area (Å²) in [6, 6.07) is 0.996. The standard InChI is InChI=1S/C10H12N2O2S/c1-12-5-2-3-7(12)8-6(4-5)11-9(15-8)10(13)14/h5,7H,2-4H2,1H3,(H,13,14). The molecule has 15 heavy (non-hydrogen) atoms. The number of carbonyl (C=O) groups is 1. The molecule has 2 aliphatic heterocycles. The minimum Gasteiger partial charge on any atom is -0.476 e. The highest BCUT2D eigenvalue weighted by atomic mass is 32.1. The van der Waals surface area contributed by atoms with E-state index in [1.54, 1.807) is 0 Å². The molecule has 2 aliphatic rings. The summed E-state index contributed by atoms with van der Waals surface area (Å²) in [5.41, 5.74) is 1.03. The van der Waals surface area contributed by atoms with Gasteiger partial charge < -0.3 is 5.11 Å². The molecular formula is C10H12N2O2S. The Balaban J connectivity index is 2.06. The molecule has 0 spiro atoms. The molecule has 1 N–H and O–H groups in total. The zero-order valence-electron chi connectivity index (χ0n) is 8.43. The molecule has 4 nitrogen and oxygen atoms in total. The van der Waals surface area contributed by atoms with Crippen LogP contribution in [0.5, 0.6) is 0 Å². The fraction of sp³-hybridized carbons (Fsp3) is 0.600. The lowest BCUT2D eigenvalue weighted by Gasteiger charge is -2.29. The number of likely N-dealkylation sites (N-methyl/N-ethyl adjacent to an activating group) is 1. The summed E-state index contributed by atoms with van der Waals surface area (Å²) in [7, 11) is 2.13. The van der Waals surface area contributed by atoms with Crippen molar-refractivity contribution < 1.29 is 9.90 Å². The number of carboxylic acids is 1. The van der Waals surface area contributed by atoms with E-state index in [0.717, 1.165) is 18.5 Å². The van der Waals surface area contributed by atoms with Crippen molar-refractivity contribution in [2.24, 2.45) is 0 Å². The number of hydrogen-bond donors (Lipinski definition) is 1. The van der Waals surface area contributed by atoms with Crippen molar-refractivity contribution in [3.8, 4) is 0 Å². The maximum Gasteiger partial charge on any atom is 0.365 e. The third-order valence-corrected chi connectivity index (χ3v) is 4.67. The van der Waals surface area contributed by atoms with Crippen LogP contribution in [0.3, 0.4) is 0 Å². The van der Waals surface area contributed by atoms with Gasteiger partial charge in [-0.3, -0.25) is 4.90 Å². The first-order chi connectivity index (χ1) is 7.16. The number of aromatic nitrogens is 1. The van der Waals surface area contributed by atoms with Crippen LogP contribution in [0.1, 0.15) is 39.3 Å². The molecule has 5 heteroatoms. The lowest BCUT2D eigenvalue weighted by molar-refractivity contribution is 0.0696. The molecule has 2 atom stereocenters. The first-order valence-corrected chi connectivity index (χ1v) is 5.93. The SMILES string of the molecule is CN1C2CCC1c1sc(C(=O)O)nc1C2. The Morgan fingerprint density at radius 3 is 3.13 bits per heavy atom. The highest BCUT2D eigenvalue weighted by Crippen LogP contribution is 2.44. The smallest absolute Gasteiger partial charge is 0.365 e. The van der Waals surface area contributed by atoms with E-state index >= 15 is 0 Å². The lowest BCUT2D eigenvalue weighted by Crippen LogP contribution is -2.33. The number of carboxylic acid groups (broad SMARTS) is 1. The molecular weight excluding hydrogens is 212 g/mol. The van der Waals surface area contributed by atoms with Gasteiger partial charge in [0, 0.05) is 23.4 Å². The first-order valence-electron chi connectivity index (χ1n) is 5.11. The first kappa shape index (κ1) is 9.30. The average Bonchev–Trinajstić information content (AvgIpc) is 2.70. The predicted octanol–water partition coefficient (Wildman–Crippen LogP) is 1.53. The van der Waals surface area contributed by atoms with Crippen LogP contribution in [0.15, 0.2) is 0 Å². The molecule has 80 valence electrons. The number of fused-ring (bicyclic) bond motifs is 4. The molecule has 2 unspecified atom stereocenters. The van der Waals surface area contributed by atoms with Crippen LogP contribution in [0.25, 0.3) is 0 Å². The molecule has 0 radical (unpaired) electrons. The van der Waals surface area contributed by atoms with Gasteiger partial charge in [0.15, 0.2) is 0 Å². The zero-order chi connectivity index (χ0) is 10.6. The van der Waals surface area contributed by atoms with Crippen LogP contribution < -0.4 is 0 Å². The van der Waals surface area contributed by atoms with Crippen LogP contribution in [0.4, 0.5) is 0 Å². The van der Waals surface area contributed by atoms with E-state index in [4.69, 9.17) is 5.11 Å². The summed E-state index contributed by atoms with van der Waals surface area (Å²) in [6.45, 7) is 0. The van der Waals surface area contributed by atoms with Crippen molar-refractivity contribution in [3.63, 3.8) is 0 Å². The maximum atomic E-state index is 10.8. The van der Waals surface area contributed by atoms with Crippen LogP contribution in [0, 0.1) is 0 Å². The molecule has 1 aromatic heterocycles. The molecule has 0 aliphatic carbocycles. The minimum absolute atomic E-state index is 0.251. The average molecular weight is 224 g/mol. The third kappa shape index (κ3) is 1.23. The number of nitrogens with zero attached hydrogens (tertiary/aromatic N) is 2. The van der Waals surface area contributed by atoms with Gasteiger partial charge in [-0.2, -0.15) is 0 Å². The third-order valence-electron chi connectivity index (χ3n) is 3.48. The Hall–Kier alpha value is -0.940. The second-order valence-corrected chi connectivity index (χ2v) is 5.28. The number of aromatic carboxylic acids is 1. The van der Waals surface area contributed by atoms with E-state index in [9.17, 15) is 4.79 Å². The fourth-order valence-corrected chi connectivity index (χ4v) is 3.78. The summed E-state index contributed by atoms with van der Waals surface area (Å²) in [5.74, 6) is -0.895. The summed E-state index contributed by atoms with van der Waals surface area (Å²) in [4.78, 5) is 18.6. The second-order valence-electron chi connectivity index (χ2n) is 4.25. The molecule has 0 aromatic carbocycles. The molecule has 2 bridgehead atoms. The topological polar surface area (TPSA) is 53.4 Å². The quantitative estimate of drug-likeness (QED) is 0.786. The maximum absolute atomic E-state index is 10.8. The van der Waals surface area contributed by atoms with Gasteiger partial charge in [-0.25, -0.2) is 9.78 Å². The Morgan fingerprint density at radius 2 is 2.40 bits per heavy atom. The molecule has 1 fully saturated rings. The largest absolute Gasteiger partial charge is 0.476 e. The van der Waals surface area contributed by atoms with Gasteiger partial charge in [0.2, 0.25) is 5.01 Å². The van der Waals surface area contributed by atoms with Gasteiger partial charge in [-0.05, 0) is 19.9 Å². The van der Waals surface area contributed by atoms with E-state index in [1.165, 1.54) is 22.6 Å². The van der Waals surface area contributed by atoms with Gasteiger partial charge in [0.05, 0.1) is 5.69 Å². The van der Waals surface area contributed by atoms with Crippen molar-refractivity contribution >= 4 is 17.3 Å². The van der Waals surface area contributed by atoms with Gasteiger partial charge in [-0.15, -0.1) is 11.3 Å². The van der Waals surface area contributed by atoms with Crippen LogP contribution >= 0.6 is 11.3 Å².